The third-order valence-corrected chi connectivity index (χ3v) is 5.57. The number of para-hydroxylation sites is 1. The fourth-order valence-corrected chi connectivity index (χ4v) is 4.01. The Kier molecular flexibility index (Phi) is 5.04. The summed E-state index contributed by atoms with van der Waals surface area (Å²) in [7, 11) is 0. The number of carbonyl (C=O) groups excluding carboxylic acids is 1. The molecule has 0 N–H and O–H groups in total. The number of rotatable bonds is 4. The van der Waals surface area contributed by atoms with Gasteiger partial charge in [-0.05, 0) is 36.1 Å². The van der Waals surface area contributed by atoms with Gasteiger partial charge in [-0.25, -0.2) is 0 Å². The molecule has 0 spiro atoms. The van der Waals surface area contributed by atoms with E-state index in [2.05, 4.69) is 0 Å². The van der Waals surface area contributed by atoms with E-state index in [1.807, 2.05) is 30.3 Å². The first-order valence-electron chi connectivity index (χ1n) is 9.60. The number of halogens is 3. The van der Waals surface area contributed by atoms with Crippen LogP contribution in [0.2, 0.25) is 0 Å². The summed E-state index contributed by atoms with van der Waals surface area (Å²) in [5.74, 6) is 0.122. The Balaban J connectivity index is 1.34. The fourth-order valence-electron chi connectivity index (χ4n) is 4.01. The smallest absolute Gasteiger partial charge is 0.416 e. The molecule has 1 saturated carbocycles. The minimum atomic E-state index is -4.39. The predicted molar refractivity (Wildman–Crippen MR) is 99.0 cm³/mol. The molecular weight excluding hydrogens is 367 g/mol. The molecule has 2 aromatic rings. The van der Waals surface area contributed by atoms with Gasteiger partial charge in [0.1, 0.15) is 11.9 Å². The van der Waals surface area contributed by atoms with E-state index in [1.165, 1.54) is 12.1 Å². The maximum Gasteiger partial charge on any atom is 0.416 e. The minimum absolute atomic E-state index is 0.0276. The van der Waals surface area contributed by atoms with Crippen LogP contribution in [-0.2, 0) is 11.0 Å². The molecule has 0 aromatic heterocycles. The molecule has 3 nitrogen and oxygen atoms in total. The highest BCUT2D eigenvalue weighted by Crippen LogP contribution is 2.51. The normalized spacial score (nSPS) is 22.8. The van der Waals surface area contributed by atoms with Crippen molar-refractivity contribution >= 4 is 5.91 Å². The Bertz CT molecular complexity index is 829. The van der Waals surface area contributed by atoms with Gasteiger partial charge in [0.25, 0.3) is 0 Å². The van der Waals surface area contributed by atoms with Gasteiger partial charge < -0.3 is 9.64 Å². The highest BCUT2D eigenvalue weighted by molar-refractivity contribution is 5.83. The van der Waals surface area contributed by atoms with E-state index >= 15 is 0 Å². The zero-order valence-corrected chi connectivity index (χ0v) is 15.4. The standard InChI is InChI=1S/C22H22F3NO2/c23-22(24,25)20-9-5-4-8-17(20)18-14-19(18)21(27)26-12-10-16(11-13-26)28-15-6-2-1-3-7-15/h1-9,16,18-19H,10-14H2/t18-,19-/m1/s1. The van der Waals surface area contributed by atoms with Crippen LogP contribution in [0.25, 0.3) is 0 Å². The van der Waals surface area contributed by atoms with E-state index in [0.29, 0.717) is 19.5 Å². The third-order valence-electron chi connectivity index (χ3n) is 5.57. The lowest BCUT2D eigenvalue weighted by molar-refractivity contribution is -0.139. The van der Waals surface area contributed by atoms with Gasteiger partial charge >= 0.3 is 6.18 Å². The molecule has 1 aliphatic heterocycles. The van der Waals surface area contributed by atoms with Crippen molar-refractivity contribution in [3.63, 3.8) is 0 Å². The predicted octanol–water partition coefficient (Wildman–Crippen LogP) is 4.88. The van der Waals surface area contributed by atoms with Crippen molar-refractivity contribution in [1.82, 2.24) is 4.90 Å². The second-order valence-electron chi connectivity index (χ2n) is 7.49. The number of likely N-dealkylation sites (tertiary alicyclic amines) is 1. The van der Waals surface area contributed by atoms with E-state index in [-0.39, 0.29) is 29.4 Å². The summed E-state index contributed by atoms with van der Waals surface area (Å²) in [5.41, 5.74) is -0.374. The van der Waals surface area contributed by atoms with Crippen molar-refractivity contribution in [3.05, 3.63) is 65.7 Å². The number of carbonyl (C=O) groups is 1. The van der Waals surface area contributed by atoms with Crippen molar-refractivity contribution in [2.45, 2.75) is 37.5 Å². The third kappa shape index (κ3) is 4.01. The van der Waals surface area contributed by atoms with Crippen LogP contribution in [0.3, 0.4) is 0 Å². The highest BCUT2D eigenvalue weighted by Gasteiger charge is 2.49. The van der Waals surface area contributed by atoms with Crippen LogP contribution in [0, 0.1) is 5.92 Å². The summed E-state index contributed by atoms with van der Waals surface area (Å²) >= 11 is 0. The SMILES string of the molecule is O=C([C@@H]1C[C@@H]1c1ccccc1C(F)(F)F)N1CCC(Oc2ccccc2)CC1. The lowest BCUT2D eigenvalue weighted by Crippen LogP contribution is -2.42. The first-order valence-corrected chi connectivity index (χ1v) is 9.60. The average Bonchev–Trinajstić information content (AvgIpc) is 3.49. The number of benzene rings is 2. The van der Waals surface area contributed by atoms with E-state index in [0.717, 1.165) is 24.7 Å². The molecule has 6 heteroatoms. The molecule has 2 atom stereocenters. The van der Waals surface area contributed by atoms with Gasteiger partial charge in [0, 0.05) is 31.8 Å². The molecule has 28 heavy (non-hydrogen) atoms. The molecule has 4 rings (SSSR count). The Hall–Kier alpha value is -2.50. The molecule has 1 heterocycles. The topological polar surface area (TPSA) is 29.5 Å². The average molecular weight is 389 g/mol. The number of hydrogen-bond acceptors (Lipinski definition) is 2. The number of ether oxygens (including phenoxy) is 1. The van der Waals surface area contributed by atoms with Crippen LogP contribution in [0.1, 0.15) is 36.3 Å². The minimum Gasteiger partial charge on any atom is -0.490 e. The van der Waals surface area contributed by atoms with Crippen LogP contribution in [-0.4, -0.2) is 30.0 Å². The summed E-state index contributed by atoms with van der Waals surface area (Å²) in [6.45, 7) is 1.17. The zero-order valence-electron chi connectivity index (χ0n) is 15.4. The van der Waals surface area contributed by atoms with E-state index in [4.69, 9.17) is 4.74 Å². The zero-order chi connectivity index (χ0) is 19.7. The Morgan fingerprint density at radius 3 is 2.29 bits per heavy atom. The summed E-state index contributed by atoms with van der Waals surface area (Å²) in [6.07, 6.45) is -2.37. The molecule has 148 valence electrons. The van der Waals surface area contributed by atoms with Gasteiger partial charge in [0.05, 0.1) is 5.56 Å². The monoisotopic (exact) mass is 389 g/mol. The molecule has 2 fully saturated rings. The number of hydrogen-bond donors (Lipinski definition) is 0. The second-order valence-corrected chi connectivity index (χ2v) is 7.49. The number of piperidine rings is 1. The largest absolute Gasteiger partial charge is 0.490 e. The molecule has 0 radical (unpaired) electrons. The van der Waals surface area contributed by atoms with E-state index < -0.39 is 11.7 Å². The van der Waals surface area contributed by atoms with Crippen LogP contribution >= 0.6 is 0 Å². The van der Waals surface area contributed by atoms with Gasteiger partial charge in [0.2, 0.25) is 5.91 Å². The van der Waals surface area contributed by atoms with Crippen LogP contribution in [0.5, 0.6) is 5.75 Å². The number of amides is 1. The number of nitrogens with zero attached hydrogens (tertiary/aromatic N) is 1. The molecule has 0 unspecified atom stereocenters. The summed E-state index contributed by atoms with van der Waals surface area (Å²) in [6, 6.07) is 15.2. The van der Waals surface area contributed by atoms with Crippen molar-refractivity contribution in [2.75, 3.05) is 13.1 Å². The van der Waals surface area contributed by atoms with Gasteiger partial charge in [-0.2, -0.15) is 13.2 Å². The van der Waals surface area contributed by atoms with Gasteiger partial charge in [-0.3, -0.25) is 4.79 Å². The first kappa shape index (κ1) is 18.8. The van der Waals surface area contributed by atoms with Gasteiger partial charge in [0.15, 0.2) is 0 Å². The maximum atomic E-state index is 13.2. The molecule has 0 bridgehead atoms. The molecule has 1 amide bonds. The Morgan fingerprint density at radius 1 is 0.964 bits per heavy atom. The van der Waals surface area contributed by atoms with Crippen LogP contribution in [0.15, 0.2) is 54.6 Å². The van der Waals surface area contributed by atoms with Gasteiger partial charge in [-0.1, -0.05) is 36.4 Å². The Labute approximate surface area is 162 Å². The molecule has 2 aromatic carbocycles. The second kappa shape index (κ2) is 7.49. The quantitative estimate of drug-likeness (QED) is 0.746. The van der Waals surface area contributed by atoms with Crippen molar-refractivity contribution < 1.29 is 22.7 Å². The van der Waals surface area contributed by atoms with Gasteiger partial charge in [-0.15, -0.1) is 0 Å². The fraction of sp³-hybridized carbons (Fsp3) is 0.409. The van der Waals surface area contributed by atoms with Crippen LogP contribution < -0.4 is 4.74 Å². The van der Waals surface area contributed by atoms with Crippen molar-refractivity contribution in [1.29, 1.82) is 0 Å². The molecule has 1 saturated heterocycles. The Morgan fingerprint density at radius 2 is 1.61 bits per heavy atom. The lowest BCUT2D eigenvalue weighted by atomic mass is 10.0. The highest BCUT2D eigenvalue weighted by atomic mass is 19.4. The number of alkyl halides is 3. The van der Waals surface area contributed by atoms with Crippen LogP contribution in [0.4, 0.5) is 13.2 Å². The maximum absolute atomic E-state index is 13.2. The summed E-state index contributed by atoms with van der Waals surface area (Å²) in [5, 5.41) is 0. The summed E-state index contributed by atoms with van der Waals surface area (Å²) < 4.78 is 45.6. The molecule has 1 aliphatic carbocycles. The summed E-state index contributed by atoms with van der Waals surface area (Å²) in [4.78, 5) is 14.6. The van der Waals surface area contributed by atoms with E-state index in [1.54, 1.807) is 11.0 Å². The molecule has 2 aliphatic rings. The molecular formula is C22H22F3NO2. The van der Waals surface area contributed by atoms with Crippen molar-refractivity contribution in [2.24, 2.45) is 5.92 Å². The first-order chi connectivity index (χ1) is 13.4. The van der Waals surface area contributed by atoms with Crippen molar-refractivity contribution in [3.8, 4) is 5.75 Å². The van der Waals surface area contributed by atoms with E-state index in [9.17, 15) is 18.0 Å². The lowest BCUT2D eigenvalue weighted by Gasteiger charge is -2.32.